The zero-order valence-electron chi connectivity index (χ0n) is 15.4. The zero-order valence-corrected chi connectivity index (χ0v) is 15.4. The fourth-order valence-electron chi connectivity index (χ4n) is 3.71. The summed E-state index contributed by atoms with van der Waals surface area (Å²) in [7, 11) is 0. The van der Waals surface area contributed by atoms with Crippen LogP contribution in [0, 0.1) is 0 Å². The number of rotatable bonds is 6. The van der Waals surface area contributed by atoms with E-state index in [9.17, 15) is 9.90 Å². The summed E-state index contributed by atoms with van der Waals surface area (Å²) < 4.78 is 0. The third kappa shape index (κ3) is 4.51. The number of piperidine rings is 1. The minimum Gasteiger partial charge on any atom is -0.378 e. The smallest absolute Gasteiger partial charge is 0.226 e. The lowest BCUT2D eigenvalue weighted by Gasteiger charge is -2.40. The highest BCUT2D eigenvalue weighted by Crippen LogP contribution is 2.25. The first kappa shape index (κ1) is 18.6. The Bertz CT molecular complexity index is 682. The van der Waals surface area contributed by atoms with Crippen molar-refractivity contribution in [3.05, 3.63) is 66.2 Å². The first-order chi connectivity index (χ1) is 12.7. The number of carbonyl (C=O) groups is 1. The summed E-state index contributed by atoms with van der Waals surface area (Å²) in [5.41, 5.74) is 2.12. The standard InChI is InChI=1S/C22H28N2O2/c1-2-21(25)24(19-11-7-4-8-12-19)20-13-15-23(16-14-20)22(26)17-18-9-5-3-6-10-18/h3-12,20,22,26H,2,13-17H2,1H3/t22-/m1/s1. The van der Waals surface area contributed by atoms with Crippen molar-refractivity contribution < 1.29 is 9.90 Å². The normalized spacial score (nSPS) is 17.0. The molecule has 2 aromatic carbocycles. The Morgan fingerprint density at radius 3 is 2.23 bits per heavy atom. The van der Waals surface area contributed by atoms with E-state index in [2.05, 4.69) is 4.90 Å². The van der Waals surface area contributed by atoms with Crippen molar-refractivity contribution in [2.45, 2.75) is 44.9 Å². The lowest BCUT2D eigenvalue weighted by molar-refractivity contribution is -0.119. The van der Waals surface area contributed by atoms with Crippen LogP contribution in [-0.2, 0) is 11.2 Å². The van der Waals surface area contributed by atoms with E-state index < -0.39 is 6.23 Å². The molecule has 0 aromatic heterocycles. The van der Waals surface area contributed by atoms with Gasteiger partial charge in [-0.2, -0.15) is 0 Å². The van der Waals surface area contributed by atoms with Crippen LogP contribution in [0.2, 0.25) is 0 Å². The van der Waals surface area contributed by atoms with E-state index in [0.717, 1.165) is 37.2 Å². The number of para-hydroxylation sites is 1. The van der Waals surface area contributed by atoms with Gasteiger partial charge >= 0.3 is 0 Å². The maximum absolute atomic E-state index is 12.5. The van der Waals surface area contributed by atoms with Gasteiger partial charge in [-0.1, -0.05) is 55.5 Å². The molecule has 1 atom stereocenters. The molecule has 1 amide bonds. The van der Waals surface area contributed by atoms with E-state index in [0.29, 0.717) is 12.8 Å². The highest BCUT2D eigenvalue weighted by atomic mass is 16.3. The summed E-state index contributed by atoms with van der Waals surface area (Å²) in [5, 5.41) is 10.6. The number of likely N-dealkylation sites (tertiary alicyclic amines) is 1. The molecule has 3 rings (SSSR count). The molecule has 1 aliphatic heterocycles. The second kappa shape index (κ2) is 8.97. The highest BCUT2D eigenvalue weighted by Gasteiger charge is 2.30. The third-order valence-electron chi connectivity index (χ3n) is 5.15. The van der Waals surface area contributed by atoms with Gasteiger partial charge in [-0.25, -0.2) is 0 Å². The summed E-state index contributed by atoms with van der Waals surface area (Å²) in [4.78, 5) is 16.6. The molecule has 1 aliphatic rings. The quantitative estimate of drug-likeness (QED) is 0.866. The van der Waals surface area contributed by atoms with Gasteiger partial charge in [0.1, 0.15) is 6.23 Å². The molecule has 0 unspecified atom stereocenters. The van der Waals surface area contributed by atoms with Crippen molar-refractivity contribution in [2.75, 3.05) is 18.0 Å². The second-order valence-electron chi connectivity index (χ2n) is 6.89. The van der Waals surface area contributed by atoms with Gasteiger partial charge in [0.25, 0.3) is 0 Å². The van der Waals surface area contributed by atoms with Gasteiger partial charge in [0, 0.05) is 37.7 Å². The molecule has 0 aliphatic carbocycles. The molecule has 1 heterocycles. The van der Waals surface area contributed by atoms with Gasteiger partial charge in [0.15, 0.2) is 0 Å². The highest BCUT2D eigenvalue weighted by molar-refractivity contribution is 5.93. The van der Waals surface area contributed by atoms with Crippen LogP contribution in [0.3, 0.4) is 0 Å². The van der Waals surface area contributed by atoms with Crippen molar-refractivity contribution in [1.82, 2.24) is 4.90 Å². The number of hydrogen-bond donors (Lipinski definition) is 1. The molecular weight excluding hydrogens is 324 g/mol. The van der Waals surface area contributed by atoms with Crippen molar-refractivity contribution >= 4 is 11.6 Å². The maximum atomic E-state index is 12.5. The summed E-state index contributed by atoms with van der Waals surface area (Å²) in [6, 6.07) is 20.2. The number of carbonyl (C=O) groups excluding carboxylic acids is 1. The topological polar surface area (TPSA) is 43.8 Å². The molecule has 4 heteroatoms. The summed E-state index contributed by atoms with van der Waals surface area (Å²) in [6.45, 7) is 3.52. The SMILES string of the molecule is CCC(=O)N(c1ccccc1)C1CCN([C@H](O)Cc2ccccc2)CC1. The van der Waals surface area contributed by atoms with Crippen molar-refractivity contribution in [3.8, 4) is 0 Å². The van der Waals surface area contributed by atoms with Gasteiger partial charge in [-0.15, -0.1) is 0 Å². The van der Waals surface area contributed by atoms with E-state index in [1.165, 1.54) is 0 Å². The van der Waals surface area contributed by atoms with E-state index in [1.54, 1.807) is 0 Å². The number of hydrogen-bond acceptors (Lipinski definition) is 3. The van der Waals surface area contributed by atoms with E-state index >= 15 is 0 Å². The van der Waals surface area contributed by atoms with Crippen LogP contribution in [0.15, 0.2) is 60.7 Å². The maximum Gasteiger partial charge on any atom is 0.226 e. The van der Waals surface area contributed by atoms with Gasteiger partial charge in [-0.05, 0) is 30.5 Å². The van der Waals surface area contributed by atoms with Crippen LogP contribution < -0.4 is 4.90 Å². The first-order valence-corrected chi connectivity index (χ1v) is 9.52. The lowest BCUT2D eigenvalue weighted by atomic mass is 10.0. The number of aliphatic hydroxyl groups is 1. The Kier molecular flexibility index (Phi) is 6.42. The first-order valence-electron chi connectivity index (χ1n) is 9.52. The molecular formula is C22H28N2O2. The number of aliphatic hydroxyl groups excluding tert-OH is 1. The monoisotopic (exact) mass is 352 g/mol. The average Bonchev–Trinajstić information content (AvgIpc) is 2.70. The van der Waals surface area contributed by atoms with Gasteiger partial charge in [0.2, 0.25) is 5.91 Å². The fraction of sp³-hybridized carbons (Fsp3) is 0.409. The molecule has 0 bridgehead atoms. The third-order valence-corrected chi connectivity index (χ3v) is 5.15. The fourth-order valence-corrected chi connectivity index (χ4v) is 3.71. The summed E-state index contributed by atoms with van der Waals surface area (Å²) in [5.74, 6) is 0.166. The molecule has 2 aromatic rings. The molecule has 0 saturated carbocycles. The zero-order chi connectivity index (χ0) is 18.4. The Morgan fingerprint density at radius 1 is 1.08 bits per heavy atom. The van der Waals surface area contributed by atoms with E-state index in [1.807, 2.05) is 72.5 Å². The van der Waals surface area contributed by atoms with Crippen LogP contribution in [-0.4, -0.2) is 41.3 Å². The van der Waals surface area contributed by atoms with Crippen LogP contribution in [0.1, 0.15) is 31.7 Å². The minimum atomic E-state index is -0.467. The second-order valence-corrected chi connectivity index (χ2v) is 6.89. The van der Waals surface area contributed by atoms with Crippen LogP contribution in [0.4, 0.5) is 5.69 Å². The van der Waals surface area contributed by atoms with Crippen molar-refractivity contribution in [2.24, 2.45) is 0 Å². The predicted molar refractivity (Wildman–Crippen MR) is 105 cm³/mol. The van der Waals surface area contributed by atoms with Crippen molar-refractivity contribution in [3.63, 3.8) is 0 Å². The lowest BCUT2D eigenvalue weighted by Crippen LogP contribution is -2.50. The van der Waals surface area contributed by atoms with E-state index in [-0.39, 0.29) is 11.9 Å². The van der Waals surface area contributed by atoms with Gasteiger partial charge in [-0.3, -0.25) is 9.69 Å². The van der Waals surface area contributed by atoms with Crippen molar-refractivity contribution in [1.29, 1.82) is 0 Å². The molecule has 0 spiro atoms. The Hall–Kier alpha value is -2.17. The Labute approximate surface area is 156 Å². The van der Waals surface area contributed by atoms with Crippen LogP contribution in [0.5, 0.6) is 0 Å². The predicted octanol–water partition coefficient (Wildman–Crippen LogP) is 3.46. The molecule has 26 heavy (non-hydrogen) atoms. The number of benzene rings is 2. The molecule has 138 valence electrons. The number of nitrogens with zero attached hydrogens (tertiary/aromatic N) is 2. The van der Waals surface area contributed by atoms with Gasteiger partial charge < -0.3 is 10.0 Å². The van der Waals surface area contributed by atoms with Crippen LogP contribution in [0.25, 0.3) is 0 Å². The Balaban J connectivity index is 1.62. The summed E-state index contributed by atoms with van der Waals surface area (Å²) in [6.07, 6.45) is 2.44. The molecule has 4 nitrogen and oxygen atoms in total. The molecule has 1 N–H and O–H groups in total. The number of amides is 1. The largest absolute Gasteiger partial charge is 0.378 e. The minimum absolute atomic E-state index is 0.166. The average molecular weight is 352 g/mol. The molecule has 1 fully saturated rings. The number of anilines is 1. The molecule has 0 radical (unpaired) electrons. The van der Waals surface area contributed by atoms with Crippen LogP contribution >= 0.6 is 0 Å². The Morgan fingerprint density at radius 2 is 1.65 bits per heavy atom. The van der Waals surface area contributed by atoms with E-state index in [4.69, 9.17) is 0 Å². The molecule has 1 saturated heterocycles. The summed E-state index contributed by atoms with van der Waals surface area (Å²) >= 11 is 0. The van der Waals surface area contributed by atoms with Gasteiger partial charge in [0.05, 0.1) is 0 Å².